The second-order valence-corrected chi connectivity index (χ2v) is 5.35. The van der Waals surface area contributed by atoms with E-state index in [0.29, 0.717) is 0 Å². The lowest BCUT2D eigenvalue weighted by molar-refractivity contribution is 1.03. The van der Waals surface area contributed by atoms with Crippen LogP contribution in [0.2, 0.25) is 0 Å². The summed E-state index contributed by atoms with van der Waals surface area (Å²) in [7, 11) is 0. The number of pyridine rings is 1. The molecule has 3 aromatic rings. The number of fused-ring (bicyclic) bond motifs is 1. The number of para-hydroxylation sites is 1. The summed E-state index contributed by atoms with van der Waals surface area (Å²) < 4.78 is 0. The summed E-state index contributed by atoms with van der Waals surface area (Å²) in [4.78, 5) is 13.5. The molecular formula is C18H20N4. The lowest BCUT2D eigenvalue weighted by Crippen LogP contribution is -2.00. The first-order valence-electron chi connectivity index (χ1n) is 7.68. The van der Waals surface area contributed by atoms with Gasteiger partial charge in [-0.1, -0.05) is 26.0 Å². The summed E-state index contributed by atoms with van der Waals surface area (Å²) in [5.41, 5.74) is 5.32. The van der Waals surface area contributed by atoms with Crippen LogP contribution >= 0.6 is 0 Å². The van der Waals surface area contributed by atoms with Crippen LogP contribution in [0.15, 0.2) is 36.7 Å². The summed E-state index contributed by atoms with van der Waals surface area (Å²) >= 11 is 0. The minimum absolute atomic E-state index is 0.745. The van der Waals surface area contributed by atoms with Crippen LogP contribution in [-0.4, -0.2) is 15.0 Å². The Kier molecular flexibility index (Phi) is 4.00. The molecule has 2 heterocycles. The molecule has 0 spiro atoms. The van der Waals surface area contributed by atoms with Gasteiger partial charge in [0.2, 0.25) is 0 Å². The zero-order chi connectivity index (χ0) is 15.5. The number of hydrogen-bond acceptors (Lipinski definition) is 4. The lowest BCUT2D eigenvalue weighted by Gasteiger charge is -2.12. The topological polar surface area (TPSA) is 50.7 Å². The van der Waals surface area contributed by atoms with Crippen LogP contribution < -0.4 is 5.32 Å². The Morgan fingerprint density at radius 1 is 1.05 bits per heavy atom. The molecule has 0 unspecified atom stereocenters. The lowest BCUT2D eigenvalue weighted by atomic mass is 10.0. The van der Waals surface area contributed by atoms with Crippen molar-refractivity contribution in [3.8, 4) is 0 Å². The van der Waals surface area contributed by atoms with Gasteiger partial charge in [0.25, 0.3) is 0 Å². The molecule has 22 heavy (non-hydrogen) atoms. The monoisotopic (exact) mass is 292 g/mol. The molecule has 0 bridgehead atoms. The van der Waals surface area contributed by atoms with E-state index < -0.39 is 0 Å². The molecule has 3 rings (SSSR count). The van der Waals surface area contributed by atoms with E-state index in [0.717, 1.165) is 41.3 Å². The smallest absolute Gasteiger partial charge is 0.149 e. The number of rotatable bonds is 4. The third kappa shape index (κ3) is 2.77. The fourth-order valence-electron chi connectivity index (χ4n) is 2.61. The molecule has 112 valence electrons. The van der Waals surface area contributed by atoms with Gasteiger partial charge in [-0.2, -0.15) is 0 Å². The number of anilines is 2. The molecular weight excluding hydrogens is 272 g/mol. The second kappa shape index (κ2) is 6.10. The van der Waals surface area contributed by atoms with Gasteiger partial charge in [-0.25, -0.2) is 4.98 Å². The average Bonchev–Trinajstić information content (AvgIpc) is 2.54. The minimum Gasteiger partial charge on any atom is -0.337 e. The summed E-state index contributed by atoms with van der Waals surface area (Å²) in [5, 5.41) is 4.55. The van der Waals surface area contributed by atoms with Crippen molar-refractivity contribution in [2.45, 2.75) is 33.6 Å². The highest BCUT2D eigenvalue weighted by molar-refractivity contribution is 5.94. The zero-order valence-corrected chi connectivity index (χ0v) is 13.2. The second-order valence-electron chi connectivity index (χ2n) is 5.35. The Morgan fingerprint density at radius 2 is 1.91 bits per heavy atom. The molecule has 0 saturated heterocycles. The Hall–Kier alpha value is -2.49. The number of aryl methyl sites for hydroxylation is 3. The first-order valence-corrected chi connectivity index (χ1v) is 7.68. The van der Waals surface area contributed by atoms with E-state index in [-0.39, 0.29) is 0 Å². The van der Waals surface area contributed by atoms with Crippen LogP contribution in [0.5, 0.6) is 0 Å². The zero-order valence-electron chi connectivity index (χ0n) is 13.2. The van der Waals surface area contributed by atoms with E-state index in [9.17, 15) is 0 Å². The molecule has 0 aliphatic heterocycles. The first-order chi connectivity index (χ1) is 10.7. The SMILES string of the molecule is CCc1cc(CC)c2cccc(Nc3cncc(C)n3)c2n1. The van der Waals surface area contributed by atoms with Gasteiger partial charge in [-0.05, 0) is 37.5 Å². The quantitative estimate of drug-likeness (QED) is 0.783. The summed E-state index contributed by atoms with van der Waals surface area (Å²) in [6.45, 7) is 6.25. The Bertz CT molecular complexity index is 811. The van der Waals surface area contributed by atoms with E-state index in [4.69, 9.17) is 4.98 Å². The molecule has 0 amide bonds. The van der Waals surface area contributed by atoms with Gasteiger partial charge in [0.1, 0.15) is 5.82 Å². The third-order valence-corrected chi connectivity index (χ3v) is 3.74. The molecule has 0 radical (unpaired) electrons. The summed E-state index contributed by atoms with van der Waals surface area (Å²) in [5.74, 6) is 0.745. The highest BCUT2D eigenvalue weighted by Crippen LogP contribution is 2.27. The van der Waals surface area contributed by atoms with Crippen LogP contribution in [0, 0.1) is 6.92 Å². The molecule has 1 aromatic carbocycles. The maximum Gasteiger partial charge on any atom is 0.149 e. The van der Waals surface area contributed by atoms with Gasteiger partial charge in [-0.3, -0.25) is 9.97 Å². The number of nitrogens with zero attached hydrogens (tertiary/aromatic N) is 3. The average molecular weight is 292 g/mol. The van der Waals surface area contributed by atoms with E-state index in [2.05, 4.69) is 47.3 Å². The predicted molar refractivity (Wildman–Crippen MR) is 90.6 cm³/mol. The Balaban J connectivity index is 2.13. The van der Waals surface area contributed by atoms with Gasteiger partial charge >= 0.3 is 0 Å². The van der Waals surface area contributed by atoms with E-state index in [1.165, 1.54) is 10.9 Å². The molecule has 0 aliphatic carbocycles. The fourth-order valence-corrected chi connectivity index (χ4v) is 2.61. The number of aromatic nitrogens is 3. The van der Waals surface area contributed by atoms with E-state index >= 15 is 0 Å². The molecule has 0 saturated carbocycles. The summed E-state index contributed by atoms with van der Waals surface area (Å²) in [6, 6.07) is 8.44. The van der Waals surface area contributed by atoms with Crippen LogP contribution in [0.3, 0.4) is 0 Å². The third-order valence-electron chi connectivity index (χ3n) is 3.74. The molecule has 1 N–H and O–H groups in total. The summed E-state index contributed by atoms with van der Waals surface area (Å²) in [6.07, 6.45) is 5.41. The molecule has 0 atom stereocenters. The largest absolute Gasteiger partial charge is 0.337 e. The van der Waals surface area contributed by atoms with E-state index in [1.807, 2.05) is 13.0 Å². The Morgan fingerprint density at radius 3 is 2.64 bits per heavy atom. The fraction of sp³-hybridized carbons (Fsp3) is 0.278. The van der Waals surface area contributed by atoms with Crippen LogP contribution in [0.4, 0.5) is 11.5 Å². The van der Waals surface area contributed by atoms with Crippen molar-refractivity contribution >= 4 is 22.4 Å². The Labute approximate surface area is 130 Å². The van der Waals surface area contributed by atoms with Crippen molar-refractivity contribution in [3.63, 3.8) is 0 Å². The number of nitrogens with one attached hydrogen (secondary N) is 1. The maximum atomic E-state index is 4.81. The van der Waals surface area contributed by atoms with Crippen LogP contribution in [-0.2, 0) is 12.8 Å². The van der Waals surface area contributed by atoms with Gasteiger partial charge in [-0.15, -0.1) is 0 Å². The van der Waals surface area contributed by atoms with Gasteiger partial charge in [0.15, 0.2) is 0 Å². The highest BCUT2D eigenvalue weighted by atomic mass is 15.0. The van der Waals surface area contributed by atoms with Gasteiger partial charge in [0.05, 0.1) is 23.1 Å². The van der Waals surface area contributed by atoms with Crippen molar-refractivity contribution < 1.29 is 0 Å². The van der Waals surface area contributed by atoms with E-state index in [1.54, 1.807) is 12.4 Å². The van der Waals surface area contributed by atoms with Crippen molar-refractivity contribution in [3.05, 3.63) is 53.6 Å². The van der Waals surface area contributed by atoms with Gasteiger partial charge in [0, 0.05) is 17.3 Å². The minimum atomic E-state index is 0.745. The van der Waals surface area contributed by atoms with Crippen molar-refractivity contribution in [1.82, 2.24) is 15.0 Å². The first kappa shape index (κ1) is 14.4. The van der Waals surface area contributed by atoms with Crippen LogP contribution in [0.1, 0.15) is 30.8 Å². The normalized spacial score (nSPS) is 10.9. The van der Waals surface area contributed by atoms with Gasteiger partial charge < -0.3 is 5.32 Å². The molecule has 2 aromatic heterocycles. The number of benzene rings is 1. The standard InChI is InChI=1S/C18H20N4/c1-4-13-9-14(5-2)21-18-15(13)7-6-8-16(18)22-17-11-19-10-12(3)20-17/h6-11H,4-5H2,1-3H3,(H,20,22). The predicted octanol–water partition coefficient (Wildman–Crippen LogP) is 4.20. The molecule has 4 nitrogen and oxygen atoms in total. The maximum absolute atomic E-state index is 4.81. The van der Waals surface area contributed by atoms with Crippen molar-refractivity contribution in [2.24, 2.45) is 0 Å². The van der Waals surface area contributed by atoms with Crippen molar-refractivity contribution in [1.29, 1.82) is 0 Å². The highest BCUT2D eigenvalue weighted by Gasteiger charge is 2.09. The van der Waals surface area contributed by atoms with Crippen molar-refractivity contribution in [2.75, 3.05) is 5.32 Å². The number of hydrogen-bond donors (Lipinski definition) is 1. The van der Waals surface area contributed by atoms with Crippen LogP contribution in [0.25, 0.3) is 10.9 Å². The molecule has 4 heteroatoms. The molecule has 0 aliphatic rings. The molecule has 0 fully saturated rings.